The van der Waals surface area contributed by atoms with Crippen molar-refractivity contribution in [2.45, 2.75) is 52.6 Å². The third kappa shape index (κ3) is 7.97. The van der Waals surface area contributed by atoms with E-state index in [0.29, 0.717) is 6.54 Å². The third-order valence-corrected chi connectivity index (χ3v) is 1.65. The Labute approximate surface area is 91.4 Å². The summed E-state index contributed by atoms with van der Waals surface area (Å²) in [5.41, 5.74) is -0.613. The Kier molecular flexibility index (Phi) is 5.97. The number of unbranched alkanes of at least 4 members (excludes halogenated alkanes) is 2. The molecule has 0 aliphatic rings. The first kappa shape index (κ1) is 13.9. The summed E-state index contributed by atoms with van der Waals surface area (Å²) in [5.74, 6) is -1.46. The lowest BCUT2D eigenvalue weighted by molar-refractivity contribution is -0.163. The van der Waals surface area contributed by atoms with Crippen LogP contribution in [-0.4, -0.2) is 24.0 Å². The van der Waals surface area contributed by atoms with Crippen molar-refractivity contribution in [1.82, 2.24) is 5.32 Å². The van der Waals surface area contributed by atoms with Crippen LogP contribution in [0.5, 0.6) is 0 Å². The number of esters is 1. The van der Waals surface area contributed by atoms with Gasteiger partial charge in [0.25, 0.3) is 0 Å². The minimum absolute atomic E-state index is 0.534. The Hall–Kier alpha value is -1.06. The van der Waals surface area contributed by atoms with Crippen LogP contribution in [0.15, 0.2) is 0 Å². The van der Waals surface area contributed by atoms with Crippen molar-refractivity contribution in [2.24, 2.45) is 0 Å². The van der Waals surface area contributed by atoms with Crippen molar-refractivity contribution in [1.29, 1.82) is 0 Å². The molecule has 0 radical (unpaired) electrons. The summed E-state index contributed by atoms with van der Waals surface area (Å²) >= 11 is 0. The predicted molar refractivity (Wildman–Crippen MR) is 58.4 cm³/mol. The first-order chi connectivity index (χ1) is 6.87. The number of rotatable bonds is 4. The van der Waals surface area contributed by atoms with E-state index < -0.39 is 17.5 Å². The quantitative estimate of drug-likeness (QED) is 0.440. The molecule has 0 atom stereocenters. The van der Waals surface area contributed by atoms with E-state index in [0.717, 1.165) is 19.3 Å². The van der Waals surface area contributed by atoms with Crippen molar-refractivity contribution in [3.05, 3.63) is 0 Å². The molecule has 0 aliphatic heterocycles. The minimum atomic E-state index is -0.806. The van der Waals surface area contributed by atoms with Gasteiger partial charge in [-0.2, -0.15) is 0 Å². The zero-order valence-electron chi connectivity index (χ0n) is 10.1. The maximum absolute atomic E-state index is 11.2. The van der Waals surface area contributed by atoms with E-state index in [4.69, 9.17) is 4.74 Å². The summed E-state index contributed by atoms with van der Waals surface area (Å²) in [6.07, 6.45) is 3.03. The molecule has 0 aromatic carbocycles. The average Bonchev–Trinajstić information content (AvgIpc) is 2.09. The van der Waals surface area contributed by atoms with Crippen molar-refractivity contribution < 1.29 is 14.3 Å². The Balaban J connectivity index is 3.76. The van der Waals surface area contributed by atoms with Crippen molar-refractivity contribution >= 4 is 11.9 Å². The number of ether oxygens (including phenoxy) is 1. The van der Waals surface area contributed by atoms with Gasteiger partial charge in [0, 0.05) is 6.54 Å². The number of carbonyl (C=O) groups is 2. The lowest BCUT2D eigenvalue weighted by Crippen LogP contribution is -2.37. The highest BCUT2D eigenvalue weighted by atomic mass is 16.6. The Morgan fingerprint density at radius 3 is 2.27 bits per heavy atom. The van der Waals surface area contributed by atoms with Gasteiger partial charge in [-0.05, 0) is 27.2 Å². The number of nitrogens with one attached hydrogen (secondary N) is 1. The molecular weight excluding hydrogens is 194 g/mol. The second-order valence-corrected chi connectivity index (χ2v) is 4.46. The molecule has 0 rings (SSSR count). The SMILES string of the molecule is CCCCCNC(=O)C(=O)OC(C)(C)C. The molecule has 0 aromatic rings. The van der Waals surface area contributed by atoms with Gasteiger partial charge in [0.05, 0.1) is 0 Å². The summed E-state index contributed by atoms with van der Waals surface area (Å²) < 4.78 is 4.91. The Morgan fingerprint density at radius 2 is 1.80 bits per heavy atom. The van der Waals surface area contributed by atoms with Gasteiger partial charge in [0.15, 0.2) is 0 Å². The molecule has 0 saturated carbocycles. The zero-order chi connectivity index (χ0) is 11.9. The van der Waals surface area contributed by atoms with Crippen LogP contribution in [-0.2, 0) is 14.3 Å². The maximum atomic E-state index is 11.2. The smallest absolute Gasteiger partial charge is 0.397 e. The van der Waals surface area contributed by atoms with Gasteiger partial charge < -0.3 is 10.1 Å². The van der Waals surface area contributed by atoms with E-state index in [1.54, 1.807) is 20.8 Å². The fraction of sp³-hybridized carbons (Fsp3) is 0.818. The fourth-order valence-electron chi connectivity index (χ4n) is 0.974. The molecule has 0 fully saturated rings. The molecule has 0 heterocycles. The molecule has 4 heteroatoms. The van der Waals surface area contributed by atoms with Crippen molar-refractivity contribution in [2.75, 3.05) is 6.54 Å². The molecule has 0 saturated heterocycles. The highest BCUT2D eigenvalue weighted by molar-refractivity contribution is 6.32. The average molecular weight is 215 g/mol. The first-order valence-electron chi connectivity index (χ1n) is 5.38. The molecule has 0 bridgehead atoms. The molecule has 4 nitrogen and oxygen atoms in total. The summed E-state index contributed by atoms with van der Waals surface area (Å²) in [4.78, 5) is 22.4. The van der Waals surface area contributed by atoms with E-state index in [9.17, 15) is 9.59 Å². The van der Waals surface area contributed by atoms with Crippen LogP contribution in [0, 0.1) is 0 Å². The lowest BCUT2D eigenvalue weighted by Gasteiger charge is -2.18. The van der Waals surface area contributed by atoms with Gasteiger partial charge >= 0.3 is 11.9 Å². The molecule has 0 spiro atoms. The van der Waals surface area contributed by atoms with E-state index in [-0.39, 0.29) is 0 Å². The van der Waals surface area contributed by atoms with Crippen LogP contribution < -0.4 is 5.32 Å². The van der Waals surface area contributed by atoms with Gasteiger partial charge in [0.1, 0.15) is 5.60 Å². The van der Waals surface area contributed by atoms with Gasteiger partial charge in [0.2, 0.25) is 0 Å². The molecule has 1 amide bonds. The van der Waals surface area contributed by atoms with Gasteiger partial charge in [-0.3, -0.25) is 4.79 Å². The standard InChI is InChI=1S/C11H21NO3/c1-5-6-7-8-12-9(13)10(14)15-11(2,3)4/h5-8H2,1-4H3,(H,12,13). The molecular formula is C11H21NO3. The third-order valence-electron chi connectivity index (χ3n) is 1.65. The van der Waals surface area contributed by atoms with Gasteiger partial charge in [-0.15, -0.1) is 0 Å². The molecule has 0 aliphatic carbocycles. The normalized spacial score (nSPS) is 10.9. The van der Waals surface area contributed by atoms with Crippen molar-refractivity contribution in [3.8, 4) is 0 Å². The number of carbonyl (C=O) groups excluding carboxylic acids is 2. The van der Waals surface area contributed by atoms with Crippen LogP contribution >= 0.6 is 0 Å². The minimum Gasteiger partial charge on any atom is -0.453 e. The van der Waals surface area contributed by atoms with Gasteiger partial charge in [-0.1, -0.05) is 19.8 Å². The summed E-state index contributed by atoms with van der Waals surface area (Å²) in [5, 5.41) is 2.53. The van der Waals surface area contributed by atoms with Crippen LogP contribution in [0.3, 0.4) is 0 Å². The summed E-state index contributed by atoms with van der Waals surface area (Å²) in [6, 6.07) is 0. The molecule has 88 valence electrons. The number of hydrogen-bond donors (Lipinski definition) is 1. The van der Waals surface area contributed by atoms with Crippen LogP contribution in [0.2, 0.25) is 0 Å². The monoisotopic (exact) mass is 215 g/mol. The Bertz CT molecular complexity index is 218. The van der Waals surface area contributed by atoms with Gasteiger partial charge in [-0.25, -0.2) is 4.79 Å². The molecule has 1 N–H and O–H groups in total. The van der Waals surface area contributed by atoms with Crippen LogP contribution in [0.1, 0.15) is 47.0 Å². The first-order valence-corrected chi connectivity index (χ1v) is 5.38. The van der Waals surface area contributed by atoms with E-state index in [2.05, 4.69) is 12.2 Å². The summed E-state index contributed by atoms with van der Waals surface area (Å²) in [7, 11) is 0. The largest absolute Gasteiger partial charge is 0.453 e. The topological polar surface area (TPSA) is 55.4 Å². The Morgan fingerprint density at radius 1 is 1.20 bits per heavy atom. The highest BCUT2D eigenvalue weighted by Crippen LogP contribution is 2.06. The van der Waals surface area contributed by atoms with E-state index in [1.165, 1.54) is 0 Å². The van der Waals surface area contributed by atoms with Crippen molar-refractivity contribution in [3.63, 3.8) is 0 Å². The molecule has 15 heavy (non-hydrogen) atoms. The molecule has 0 unspecified atom stereocenters. The predicted octanol–water partition coefficient (Wildman–Crippen LogP) is 1.63. The molecule has 0 aromatic heterocycles. The number of hydrogen-bond acceptors (Lipinski definition) is 3. The second kappa shape index (κ2) is 6.43. The lowest BCUT2D eigenvalue weighted by atomic mass is 10.2. The maximum Gasteiger partial charge on any atom is 0.397 e. The fourth-order valence-corrected chi connectivity index (χ4v) is 0.974. The number of amides is 1. The highest BCUT2D eigenvalue weighted by Gasteiger charge is 2.21. The zero-order valence-corrected chi connectivity index (χ0v) is 10.1. The van der Waals surface area contributed by atoms with Crippen LogP contribution in [0.4, 0.5) is 0 Å². The van der Waals surface area contributed by atoms with E-state index in [1.807, 2.05) is 0 Å². The van der Waals surface area contributed by atoms with E-state index >= 15 is 0 Å². The summed E-state index contributed by atoms with van der Waals surface area (Å²) in [6.45, 7) is 7.81. The second-order valence-electron chi connectivity index (χ2n) is 4.46. The van der Waals surface area contributed by atoms with Crippen LogP contribution in [0.25, 0.3) is 0 Å².